The Morgan fingerprint density at radius 1 is 1.05 bits per heavy atom. The highest BCUT2D eigenvalue weighted by Crippen LogP contribution is 2.19. The third kappa shape index (κ3) is 2.98. The topological polar surface area (TPSA) is 56.1 Å². The molecule has 2 aliphatic rings. The highest BCUT2D eigenvalue weighted by Gasteiger charge is 2.26. The SMILES string of the molecule is CC(C)C1COC(c2cccc(C3=NCC(C(C)C)O3)n2)=N1. The monoisotopic (exact) mass is 301 g/mol. The Morgan fingerprint density at radius 3 is 2.36 bits per heavy atom. The molecule has 2 atom stereocenters. The molecule has 5 heteroatoms. The maximum atomic E-state index is 5.89. The molecule has 2 unspecified atom stereocenters. The molecule has 118 valence electrons. The molecule has 1 aromatic heterocycles. The Morgan fingerprint density at radius 2 is 1.77 bits per heavy atom. The molecule has 3 rings (SSSR count). The Bertz CT molecular complexity index is 608. The molecule has 3 heterocycles. The average molecular weight is 301 g/mol. The number of rotatable bonds is 4. The summed E-state index contributed by atoms with van der Waals surface area (Å²) in [7, 11) is 0. The predicted octanol–water partition coefficient (Wildman–Crippen LogP) is 2.68. The number of ether oxygens (including phenoxy) is 2. The average Bonchev–Trinajstić information content (AvgIpc) is 3.17. The number of aliphatic imine (C=N–C) groups is 2. The van der Waals surface area contributed by atoms with E-state index in [-0.39, 0.29) is 12.1 Å². The van der Waals surface area contributed by atoms with Gasteiger partial charge in [-0.2, -0.15) is 0 Å². The lowest BCUT2D eigenvalue weighted by atomic mass is 10.1. The summed E-state index contributed by atoms with van der Waals surface area (Å²) < 4.78 is 11.6. The second-order valence-corrected chi connectivity index (χ2v) is 6.51. The van der Waals surface area contributed by atoms with Gasteiger partial charge >= 0.3 is 0 Å². The lowest BCUT2D eigenvalue weighted by Crippen LogP contribution is -2.20. The standard InChI is InChI=1S/C17H23N3O2/c1-10(2)14-9-21-17(20-14)13-7-5-6-12(19-13)16-18-8-15(22-16)11(3)4/h5-7,10-11,14-15H,8-9H2,1-4H3. The Balaban J connectivity index is 1.78. The smallest absolute Gasteiger partial charge is 0.235 e. The van der Waals surface area contributed by atoms with Gasteiger partial charge in [-0.3, -0.25) is 0 Å². The maximum absolute atomic E-state index is 5.89. The zero-order valence-electron chi connectivity index (χ0n) is 13.6. The van der Waals surface area contributed by atoms with E-state index in [0.29, 0.717) is 36.8 Å². The summed E-state index contributed by atoms with van der Waals surface area (Å²) in [5.41, 5.74) is 1.50. The molecule has 22 heavy (non-hydrogen) atoms. The lowest BCUT2D eigenvalue weighted by molar-refractivity contribution is 0.171. The van der Waals surface area contributed by atoms with Gasteiger partial charge in [-0.25, -0.2) is 15.0 Å². The number of nitrogens with zero attached hydrogens (tertiary/aromatic N) is 3. The minimum atomic E-state index is 0.144. The number of hydrogen-bond acceptors (Lipinski definition) is 5. The van der Waals surface area contributed by atoms with Crippen molar-refractivity contribution in [3.05, 3.63) is 29.6 Å². The fourth-order valence-corrected chi connectivity index (χ4v) is 2.42. The Kier molecular flexibility index (Phi) is 4.14. The fourth-order valence-electron chi connectivity index (χ4n) is 2.42. The van der Waals surface area contributed by atoms with Crippen molar-refractivity contribution >= 4 is 11.8 Å². The molecule has 0 spiro atoms. The van der Waals surface area contributed by atoms with Crippen molar-refractivity contribution in [2.24, 2.45) is 21.8 Å². The molecule has 0 aromatic carbocycles. The first kappa shape index (κ1) is 15.0. The van der Waals surface area contributed by atoms with Crippen LogP contribution in [-0.4, -0.2) is 42.1 Å². The predicted molar refractivity (Wildman–Crippen MR) is 86.5 cm³/mol. The molecule has 2 aliphatic heterocycles. The highest BCUT2D eigenvalue weighted by atomic mass is 16.5. The van der Waals surface area contributed by atoms with Crippen molar-refractivity contribution in [1.29, 1.82) is 0 Å². The van der Waals surface area contributed by atoms with Gasteiger partial charge in [0.25, 0.3) is 0 Å². The summed E-state index contributed by atoms with van der Waals surface area (Å²) in [6, 6.07) is 5.99. The normalized spacial score (nSPS) is 24.3. The van der Waals surface area contributed by atoms with Gasteiger partial charge in [0.1, 0.15) is 24.1 Å². The van der Waals surface area contributed by atoms with E-state index in [9.17, 15) is 0 Å². The molecular weight excluding hydrogens is 278 g/mol. The van der Waals surface area contributed by atoms with Crippen LogP contribution in [0, 0.1) is 11.8 Å². The van der Waals surface area contributed by atoms with Gasteiger partial charge in [0.2, 0.25) is 11.8 Å². The van der Waals surface area contributed by atoms with Crippen LogP contribution in [0.4, 0.5) is 0 Å². The largest absolute Gasteiger partial charge is 0.474 e. The van der Waals surface area contributed by atoms with Crippen LogP contribution in [-0.2, 0) is 9.47 Å². The first-order valence-corrected chi connectivity index (χ1v) is 7.94. The quantitative estimate of drug-likeness (QED) is 0.859. The van der Waals surface area contributed by atoms with Crippen LogP contribution in [0.2, 0.25) is 0 Å². The third-order valence-corrected chi connectivity index (χ3v) is 4.05. The van der Waals surface area contributed by atoms with Gasteiger partial charge in [-0.1, -0.05) is 33.8 Å². The lowest BCUT2D eigenvalue weighted by Gasteiger charge is -2.14. The fraction of sp³-hybridized carbons (Fsp3) is 0.588. The van der Waals surface area contributed by atoms with E-state index >= 15 is 0 Å². The summed E-state index contributed by atoms with van der Waals surface area (Å²) in [5, 5.41) is 0. The van der Waals surface area contributed by atoms with Gasteiger partial charge in [-0.15, -0.1) is 0 Å². The highest BCUT2D eigenvalue weighted by molar-refractivity contribution is 5.97. The zero-order valence-corrected chi connectivity index (χ0v) is 13.6. The van der Waals surface area contributed by atoms with E-state index < -0.39 is 0 Å². The molecule has 5 nitrogen and oxygen atoms in total. The van der Waals surface area contributed by atoms with Crippen molar-refractivity contribution in [2.75, 3.05) is 13.2 Å². The summed E-state index contributed by atoms with van der Waals surface area (Å²) in [5.74, 6) is 2.16. The Labute approximate surface area is 131 Å². The molecule has 0 saturated heterocycles. The molecule has 0 N–H and O–H groups in total. The molecule has 1 aromatic rings. The molecule has 0 aliphatic carbocycles. The van der Waals surface area contributed by atoms with Crippen LogP contribution in [0.3, 0.4) is 0 Å². The Hall–Kier alpha value is -1.91. The summed E-state index contributed by atoms with van der Waals surface area (Å²) in [6.07, 6.45) is 0.144. The van der Waals surface area contributed by atoms with Gasteiger partial charge in [0.15, 0.2) is 0 Å². The minimum Gasteiger partial charge on any atom is -0.474 e. The van der Waals surface area contributed by atoms with Crippen molar-refractivity contribution < 1.29 is 9.47 Å². The van der Waals surface area contributed by atoms with E-state index in [1.807, 2.05) is 18.2 Å². The van der Waals surface area contributed by atoms with Gasteiger partial charge in [-0.05, 0) is 24.0 Å². The van der Waals surface area contributed by atoms with Crippen molar-refractivity contribution in [3.8, 4) is 0 Å². The summed E-state index contributed by atoms with van der Waals surface area (Å²) in [6.45, 7) is 9.91. The van der Waals surface area contributed by atoms with E-state index in [2.05, 4.69) is 42.7 Å². The van der Waals surface area contributed by atoms with Crippen molar-refractivity contribution in [3.63, 3.8) is 0 Å². The molecule has 0 saturated carbocycles. The molecule has 0 fully saturated rings. The first-order valence-electron chi connectivity index (χ1n) is 7.94. The van der Waals surface area contributed by atoms with E-state index in [1.54, 1.807) is 0 Å². The third-order valence-electron chi connectivity index (χ3n) is 4.05. The second-order valence-electron chi connectivity index (χ2n) is 6.51. The van der Waals surface area contributed by atoms with Crippen LogP contribution >= 0.6 is 0 Å². The van der Waals surface area contributed by atoms with E-state index in [0.717, 1.165) is 11.4 Å². The van der Waals surface area contributed by atoms with Crippen LogP contribution in [0.1, 0.15) is 39.1 Å². The molecule has 0 bridgehead atoms. The number of aromatic nitrogens is 1. The van der Waals surface area contributed by atoms with Crippen molar-refractivity contribution in [2.45, 2.75) is 39.8 Å². The van der Waals surface area contributed by atoms with Crippen LogP contribution in [0.15, 0.2) is 28.2 Å². The van der Waals surface area contributed by atoms with Gasteiger partial charge in [0.05, 0.1) is 12.6 Å². The number of pyridine rings is 1. The zero-order chi connectivity index (χ0) is 15.7. The van der Waals surface area contributed by atoms with Gasteiger partial charge in [0, 0.05) is 0 Å². The van der Waals surface area contributed by atoms with E-state index in [4.69, 9.17) is 9.47 Å². The first-order chi connectivity index (χ1) is 10.5. The number of hydrogen-bond donors (Lipinski definition) is 0. The second kappa shape index (κ2) is 6.07. The molecule has 0 amide bonds. The van der Waals surface area contributed by atoms with Crippen molar-refractivity contribution in [1.82, 2.24) is 4.98 Å². The van der Waals surface area contributed by atoms with E-state index in [1.165, 1.54) is 0 Å². The van der Waals surface area contributed by atoms with Crippen LogP contribution in [0.5, 0.6) is 0 Å². The van der Waals surface area contributed by atoms with Gasteiger partial charge < -0.3 is 9.47 Å². The van der Waals surface area contributed by atoms with Crippen LogP contribution in [0.25, 0.3) is 0 Å². The van der Waals surface area contributed by atoms with Crippen LogP contribution < -0.4 is 0 Å². The summed E-state index contributed by atoms with van der Waals surface area (Å²) in [4.78, 5) is 13.7. The maximum Gasteiger partial charge on any atom is 0.235 e. The summed E-state index contributed by atoms with van der Waals surface area (Å²) >= 11 is 0. The molecule has 0 radical (unpaired) electrons. The minimum absolute atomic E-state index is 0.144. The molecular formula is C17H23N3O2.